The minimum atomic E-state index is 0.481. The highest BCUT2D eigenvalue weighted by atomic mass is 16.5. The molecule has 0 bridgehead atoms. The zero-order chi connectivity index (χ0) is 20.5. The lowest BCUT2D eigenvalue weighted by Crippen LogP contribution is -2.14. The highest BCUT2D eigenvalue weighted by Gasteiger charge is 2.12. The predicted molar refractivity (Wildman–Crippen MR) is 112 cm³/mol. The molecule has 0 atom stereocenters. The highest BCUT2D eigenvalue weighted by molar-refractivity contribution is 5.50. The number of methoxy groups -OCH3 is 3. The van der Waals surface area contributed by atoms with Gasteiger partial charge in [0.1, 0.15) is 18.1 Å². The van der Waals surface area contributed by atoms with Crippen LogP contribution in [0.2, 0.25) is 0 Å². The third-order valence-corrected chi connectivity index (χ3v) is 4.51. The molecule has 29 heavy (non-hydrogen) atoms. The molecule has 152 valence electrons. The van der Waals surface area contributed by atoms with Crippen molar-refractivity contribution in [2.45, 2.75) is 19.7 Å². The van der Waals surface area contributed by atoms with Crippen LogP contribution in [-0.4, -0.2) is 26.3 Å². The first-order chi connectivity index (χ1) is 14.2. The van der Waals surface area contributed by atoms with Crippen LogP contribution in [0.5, 0.6) is 23.0 Å². The fraction of sp³-hybridized carbons (Fsp3) is 0.261. The first-order valence-corrected chi connectivity index (χ1v) is 9.34. The van der Waals surface area contributed by atoms with Crippen LogP contribution in [0.25, 0.3) is 0 Å². The molecular formula is C23H26N2O4. The lowest BCUT2D eigenvalue weighted by Gasteiger charge is -2.15. The van der Waals surface area contributed by atoms with E-state index >= 15 is 0 Å². The first kappa shape index (κ1) is 20.5. The molecule has 0 saturated heterocycles. The minimum Gasteiger partial charge on any atom is -0.496 e. The third-order valence-electron chi connectivity index (χ3n) is 4.51. The van der Waals surface area contributed by atoms with Crippen molar-refractivity contribution in [1.82, 2.24) is 10.3 Å². The maximum Gasteiger partial charge on any atom is 0.164 e. The summed E-state index contributed by atoms with van der Waals surface area (Å²) in [4.78, 5) is 4.12. The molecular weight excluding hydrogens is 368 g/mol. The van der Waals surface area contributed by atoms with E-state index < -0.39 is 0 Å². The van der Waals surface area contributed by atoms with E-state index in [2.05, 4.69) is 16.4 Å². The molecule has 0 saturated carbocycles. The molecule has 0 unspecified atom stereocenters. The quantitative estimate of drug-likeness (QED) is 0.561. The number of nitrogens with one attached hydrogen (secondary N) is 1. The Labute approximate surface area is 171 Å². The standard InChI is InChI=1S/C23H26N2O4/c1-26-21-12-23(28-3)22(27-2)11-19(21)15-25-14-18-8-4-5-9-20(18)29-16-17-7-6-10-24-13-17/h4-13,25H,14-16H2,1-3H3. The average molecular weight is 394 g/mol. The second-order valence-corrected chi connectivity index (χ2v) is 6.38. The molecule has 0 radical (unpaired) electrons. The Morgan fingerprint density at radius 3 is 2.21 bits per heavy atom. The number of nitrogens with zero attached hydrogens (tertiary/aromatic N) is 1. The summed E-state index contributed by atoms with van der Waals surface area (Å²) in [6, 6.07) is 15.7. The molecule has 0 aliphatic carbocycles. The summed E-state index contributed by atoms with van der Waals surface area (Å²) < 4.78 is 22.2. The first-order valence-electron chi connectivity index (χ1n) is 9.34. The second kappa shape index (κ2) is 10.3. The average Bonchev–Trinajstić information content (AvgIpc) is 2.78. The molecule has 0 aliphatic heterocycles. The molecule has 0 amide bonds. The molecule has 3 rings (SSSR count). The molecule has 1 heterocycles. The fourth-order valence-electron chi connectivity index (χ4n) is 3.00. The Kier molecular flexibility index (Phi) is 7.30. The van der Waals surface area contributed by atoms with Gasteiger partial charge in [-0.05, 0) is 18.2 Å². The number of aromatic nitrogens is 1. The smallest absolute Gasteiger partial charge is 0.164 e. The van der Waals surface area contributed by atoms with Crippen LogP contribution in [-0.2, 0) is 19.7 Å². The largest absolute Gasteiger partial charge is 0.496 e. The van der Waals surface area contributed by atoms with E-state index in [-0.39, 0.29) is 0 Å². The second-order valence-electron chi connectivity index (χ2n) is 6.38. The van der Waals surface area contributed by atoms with Gasteiger partial charge in [0.05, 0.1) is 21.3 Å². The Morgan fingerprint density at radius 1 is 0.759 bits per heavy atom. The molecule has 6 heteroatoms. The van der Waals surface area contributed by atoms with Gasteiger partial charge in [0.2, 0.25) is 0 Å². The van der Waals surface area contributed by atoms with Crippen LogP contribution in [0.15, 0.2) is 60.9 Å². The van der Waals surface area contributed by atoms with Crippen LogP contribution in [0, 0.1) is 0 Å². The number of rotatable bonds is 10. The van der Waals surface area contributed by atoms with Crippen LogP contribution in [0.4, 0.5) is 0 Å². The summed E-state index contributed by atoms with van der Waals surface area (Å²) in [6.07, 6.45) is 3.56. The van der Waals surface area contributed by atoms with Crippen molar-refractivity contribution < 1.29 is 18.9 Å². The molecule has 1 N–H and O–H groups in total. The Morgan fingerprint density at radius 2 is 1.48 bits per heavy atom. The van der Waals surface area contributed by atoms with Gasteiger partial charge in [0, 0.05) is 48.2 Å². The van der Waals surface area contributed by atoms with Crippen molar-refractivity contribution in [3.63, 3.8) is 0 Å². The number of para-hydroxylation sites is 1. The van der Waals surface area contributed by atoms with Crippen LogP contribution >= 0.6 is 0 Å². The van der Waals surface area contributed by atoms with Crippen molar-refractivity contribution >= 4 is 0 Å². The van der Waals surface area contributed by atoms with Gasteiger partial charge in [-0.25, -0.2) is 0 Å². The van der Waals surface area contributed by atoms with Crippen molar-refractivity contribution in [3.05, 3.63) is 77.6 Å². The van der Waals surface area contributed by atoms with Gasteiger partial charge in [0.15, 0.2) is 11.5 Å². The SMILES string of the molecule is COc1cc(OC)c(OC)cc1CNCc1ccccc1OCc1cccnc1. The number of pyridine rings is 1. The molecule has 1 aromatic heterocycles. The van der Waals surface area contributed by atoms with E-state index in [1.807, 2.05) is 48.7 Å². The van der Waals surface area contributed by atoms with Crippen LogP contribution in [0.1, 0.15) is 16.7 Å². The van der Waals surface area contributed by atoms with Gasteiger partial charge in [-0.1, -0.05) is 24.3 Å². The summed E-state index contributed by atoms with van der Waals surface area (Å²) in [5.74, 6) is 2.91. The number of benzene rings is 2. The fourth-order valence-corrected chi connectivity index (χ4v) is 3.00. The van der Waals surface area contributed by atoms with E-state index in [0.29, 0.717) is 31.2 Å². The lowest BCUT2D eigenvalue weighted by atomic mass is 10.1. The van der Waals surface area contributed by atoms with Gasteiger partial charge in [-0.2, -0.15) is 0 Å². The van der Waals surface area contributed by atoms with Gasteiger partial charge in [-0.15, -0.1) is 0 Å². The summed E-state index contributed by atoms with van der Waals surface area (Å²) in [5, 5.41) is 3.45. The molecule has 0 fully saturated rings. The lowest BCUT2D eigenvalue weighted by molar-refractivity contribution is 0.301. The van der Waals surface area contributed by atoms with E-state index in [1.165, 1.54) is 0 Å². The maximum atomic E-state index is 6.00. The van der Waals surface area contributed by atoms with Crippen LogP contribution < -0.4 is 24.3 Å². The Balaban J connectivity index is 1.65. The van der Waals surface area contributed by atoms with Gasteiger partial charge < -0.3 is 24.3 Å². The Hall–Kier alpha value is -3.25. The van der Waals surface area contributed by atoms with Gasteiger partial charge in [0.25, 0.3) is 0 Å². The zero-order valence-corrected chi connectivity index (χ0v) is 17.0. The summed E-state index contributed by atoms with van der Waals surface area (Å²) in [6.45, 7) is 1.75. The molecule has 6 nitrogen and oxygen atoms in total. The Bertz CT molecular complexity index is 916. The van der Waals surface area contributed by atoms with Gasteiger partial charge >= 0.3 is 0 Å². The number of hydrogen-bond acceptors (Lipinski definition) is 6. The summed E-state index contributed by atoms with van der Waals surface area (Å²) in [7, 11) is 4.88. The molecule has 2 aromatic carbocycles. The molecule has 3 aromatic rings. The van der Waals surface area contributed by atoms with E-state index in [4.69, 9.17) is 18.9 Å². The van der Waals surface area contributed by atoms with Gasteiger partial charge in [-0.3, -0.25) is 4.98 Å². The molecule has 0 aliphatic rings. The van der Waals surface area contributed by atoms with Crippen molar-refractivity contribution in [2.75, 3.05) is 21.3 Å². The third kappa shape index (κ3) is 5.39. The monoisotopic (exact) mass is 394 g/mol. The zero-order valence-electron chi connectivity index (χ0n) is 17.0. The van der Waals surface area contributed by atoms with E-state index in [0.717, 1.165) is 28.2 Å². The normalized spacial score (nSPS) is 10.4. The summed E-state index contributed by atoms with van der Waals surface area (Å²) >= 11 is 0. The van der Waals surface area contributed by atoms with Crippen molar-refractivity contribution in [2.24, 2.45) is 0 Å². The maximum absolute atomic E-state index is 6.00. The van der Waals surface area contributed by atoms with E-state index in [9.17, 15) is 0 Å². The highest BCUT2D eigenvalue weighted by Crippen LogP contribution is 2.34. The number of ether oxygens (including phenoxy) is 4. The van der Waals surface area contributed by atoms with E-state index in [1.54, 1.807) is 27.5 Å². The topological polar surface area (TPSA) is 61.8 Å². The predicted octanol–water partition coefficient (Wildman–Crippen LogP) is 3.98. The summed E-state index contributed by atoms with van der Waals surface area (Å²) in [5.41, 5.74) is 3.10. The number of hydrogen-bond donors (Lipinski definition) is 1. The molecule has 0 spiro atoms. The minimum absolute atomic E-state index is 0.481. The van der Waals surface area contributed by atoms with Crippen LogP contribution in [0.3, 0.4) is 0 Å². The van der Waals surface area contributed by atoms with Crippen molar-refractivity contribution in [3.8, 4) is 23.0 Å². The van der Waals surface area contributed by atoms with Crippen molar-refractivity contribution in [1.29, 1.82) is 0 Å².